The first kappa shape index (κ1) is 11.0. The zero-order valence-corrected chi connectivity index (χ0v) is 10.5. The molecule has 1 aliphatic heterocycles. The summed E-state index contributed by atoms with van der Waals surface area (Å²) in [5, 5.41) is 0.858. The Kier molecular flexibility index (Phi) is 2.26. The van der Waals surface area contributed by atoms with E-state index in [4.69, 9.17) is 15.2 Å². The molecule has 20 heavy (non-hydrogen) atoms. The molecule has 0 radical (unpaired) electrons. The Balaban J connectivity index is 1.90. The van der Waals surface area contributed by atoms with E-state index in [1.807, 2.05) is 36.4 Å². The lowest BCUT2D eigenvalue weighted by atomic mass is 10.1. The van der Waals surface area contributed by atoms with E-state index in [1.54, 1.807) is 6.20 Å². The summed E-state index contributed by atoms with van der Waals surface area (Å²) in [5.74, 6) is 1.95. The predicted octanol–water partition coefficient (Wildman–Crippen LogP) is 2.61. The largest absolute Gasteiger partial charge is 0.454 e. The van der Waals surface area contributed by atoms with Gasteiger partial charge in [0.25, 0.3) is 0 Å². The highest BCUT2D eigenvalue weighted by Crippen LogP contribution is 2.36. The van der Waals surface area contributed by atoms with Crippen LogP contribution in [0, 0.1) is 0 Å². The second-order valence-corrected chi connectivity index (χ2v) is 4.53. The van der Waals surface area contributed by atoms with Crippen molar-refractivity contribution in [3.05, 3.63) is 42.6 Å². The Morgan fingerprint density at radius 1 is 1.05 bits per heavy atom. The van der Waals surface area contributed by atoms with Crippen LogP contribution in [0.4, 0.5) is 5.82 Å². The van der Waals surface area contributed by atoms with Gasteiger partial charge in [0, 0.05) is 17.1 Å². The van der Waals surface area contributed by atoms with Crippen LogP contribution in [0.1, 0.15) is 0 Å². The van der Waals surface area contributed by atoms with Gasteiger partial charge in [-0.05, 0) is 36.4 Å². The van der Waals surface area contributed by atoms with Crippen molar-refractivity contribution in [2.24, 2.45) is 0 Å². The average molecular weight is 265 g/mol. The molecule has 0 atom stereocenters. The van der Waals surface area contributed by atoms with Gasteiger partial charge in [-0.25, -0.2) is 4.98 Å². The second-order valence-electron chi connectivity index (χ2n) is 4.53. The van der Waals surface area contributed by atoms with Crippen molar-refractivity contribution in [1.82, 2.24) is 9.97 Å². The molecule has 4 rings (SSSR count). The second kappa shape index (κ2) is 4.09. The van der Waals surface area contributed by atoms with Crippen molar-refractivity contribution >= 4 is 16.7 Å². The van der Waals surface area contributed by atoms with Crippen molar-refractivity contribution in [3.8, 4) is 22.8 Å². The van der Waals surface area contributed by atoms with Crippen LogP contribution in [-0.4, -0.2) is 16.8 Å². The molecule has 5 nitrogen and oxygen atoms in total. The van der Waals surface area contributed by atoms with Gasteiger partial charge >= 0.3 is 0 Å². The zero-order chi connectivity index (χ0) is 13.5. The topological polar surface area (TPSA) is 70.3 Å². The molecule has 3 aromatic rings. The van der Waals surface area contributed by atoms with Gasteiger partial charge < -0.3 is 15.2 Å². The number of benzene rings is 1. The van der Waals surface area contributed by atoms with Gasteiger partial charge in [0.2, 0.25) is 6.79 Å². The molecule has 5 heteroatoms. The smallest absolute Gasteiger partial charge is 0.231 e. The van der Waals surface area contributed by atoms with Gasteiger partial charge in [0.05, 0.1) is 11.2 Å². The summed E-state index contributed by atoms with van der Waals surface area (Å²) >= 11 is 0. The zero-order valence-electron chi connectivity index (χ0n) is 10.5. The van der Waals surface area contributed by atoms with Gasteiger partial charge in [-0.3, -0.25) is 4.98 Å². The molecule has 2 N–H and O–H groups in total. The van der Waals surface area contributed by atoms with Crippen molar-refractivity contribution < 1.29 is 9.47 Å². The average Bonchev–Trinajstić information content (AvgIpc) is 2.94. The highest BCUT2D eigenvalue weighted by molar-refractivity contribution is 5.91. The molecule has 0 saturated carbocycles. The molecule has 0 amide bonds. The molecule has 98 valence electrons. The molecule has 0 saturated heterocycles. The summed E-state index contributed by atoms with van der Waals surface area (Å²) < 4.78 is 10.7. The Morgan fingerprint density at radius 2 is 1.95 bits per heavy atom. The predicted molar refractivity (Wildman–Crippen MR) is 75.5 cm³/mol. The quantitative estimate of drug-likeness (QED) is 0.732. The van der Waals surface area contributed by atoms with E-state index in [2.05, 4.69) is 9.97 Å². The van der Waals surface area contributed by atoms with Crippen LogP contribution in [0.15, 0.2) is 42.6 Å². The number of rotatable bonds is 1. The number of nitrogens with zero attached hydrogens (tertiary/aromatic N) is 2. The highest BCUT2D eigenvalue weighted by Gasteiger charge is 2.15. The maximum absolute atomic E-state index is 6.00. The van der Waals surface area contributed by atoms with Gasteiger partial charge in [0.1, 0.15) is 5.82 Å². The lowest BCUT2D eigenvalue weighted by molar-refractivity contribution is 0.174. The van der Waals surface area contributed by atoms with Gasteiger partial charge in [-0.1, -0.05) is 0 Å². The Labute approximate surface area is 115 Å². The first-order chi connectivity index (χ1) is 9.81. The van der Waals surface area contributed by atoms with Crippen LogP contribution in [-0.2, 0) is 0 Å². The third-order valence-electron chi connectivity index (χ3n) is 3.30. The molecule has 0 bridgehead atoms. The van der Waals surface area contributed by atoms with E-state index < -0.39 is 0 Å². The monoisotopic (exact) mass is 265 g/mol. The summed E-state index contributed by atoms with van der Waals surface area (Å²) in [7, 11) is 0. The van der Waals surface area contributed by atoms with E-state index in [1.165, 1.54) is 0 Å². The minimum absolute atomic E-state index is 0.258. The Morgan fingerprint density at radius 3 is 2.90 bits per heavy atom. The normalized spacial score (nSPS) is 12.8. The summed E-state index contributed by atoms with van der Waals surface area (Å²) in [6.07, 6.45) is 1.74. The van der Waals surface area contributed by atoms with Crippen molar-refractivity contribution in [2.45, 2.75) is 0 Å². The summed E-state index contributed by atoms with van der Waals surface area (Å²) in [5.41, 5.74) is 8.52. The maximum atomic E-state index is 6.00. The molecule has 1 aromatic carbocycles. The summed E-state index contributed by atoms with van der Waals surface area (Å²) in [6, 6.07) is 11.4. The molecule has 0 aliphatic carbocycles. The minimum Gasteiger partial charge on any atom is -0.454 e. The first-order valence-electron chi connectivity index (χ1n) is 6.22. The van der Waals surface area contributed by atoms with Crippen LogP contribution in [0.3, 0.4) is 0 Å². The molecule has 3 heterocycles. The molecule has 1 aliphatic rings. The van der Waals surface area contributed by atoms with Crippen molar-refractivity contribution in [2.75, 3.05) is 12.5 Å². The van der Waals surface area contributed by atoms with Crippen molar-refractivity contribution in [3.63, 3.8) is 0 Å². The van der Waals surface area contributed by atoms with Crippen LogP contribution in [0.5, 0.6) is 11.5 Å². The lowest BCUT2D eigenvalue weighted by Crippen LogP contribution is -1.95. The fourth-order valence-corrected chi connectivity index (χ4v) is 2.30. The summed E-state index contributed by atoms with van der Waals surface area (Å²) in [4.78, 5) is 8.76. The highest BCUT2D eigenvalue weighted by atomic mass is 16.7. The van der Waals surface area contributed by atoms with E-state index in [0.29, 0.717) is 5.82 Å². The molecule has 2 aromatic heterocycles. The van der Waals surface area contributed by atoms with Gasteiger partial charge in [0.15, 0.2) is 11.5 Å². The third kappa shape index (κ3) is 1.64. The van der Waals surface area contributed by atoms with E-state index >= 15 is 0 Å². The number of anilines is 1. The number of nitrogen functional groups attached to an aromatic ring is 1. The van der Waals surface area contributed by atoms with Gasteiger partial charge in [-0.15, -0.1) is 0 Å². The van der Waals surface area contributed by atoms with Gasteiger partial charge in [-0.2, -0.15) is 0 Å². The first-order valence-corrected chi connectivity index (χ1v) is 6.22. The van der Waals surface area contributed by atoms with E-state index in [9.17, 15) is 0 Å². The molecular weight excluding hydrogens is 254 g/mol. The Hall–Kier alpha value is -2.82. The third-order valence-corrected chi connectivity index (χ3v) is 3.30. The minimum atomic E-state index is 0.258. The number of pyridine rings is 2. The fraction of sp³-hybridized carbons (Fsp3) is 0.0667. The van der Waals surface area contributed by atoms with E-state index in [-0.39, 0.29) is 6.79 Å². The van der Waals surface area contributed by atoms with Crippen LogP contribution < -0.4 is 15.2 Å². The lowest BCUT2D eigenvalue weighted by Gasteiger charge is -2.06. The molecular formula is C15H11N3O2. The fourth-order valence-electron chi connectivity index (χ4n) is 2.30. The van der Waals surface area contributed by atoms with Crippen LogP contribution in [0.25, 0.3) is 22.2 Å². The molecule has 0 fully saturated rings. The maximum Gasteiger partial charge on any atom is 0.231 e. The number of hydrogen-bond donors (Lipinski definition) is 1. The number of hydrogen-bond acceptors (Lipinski definition) is 5. The van der Waals surface area contributed by atoms with Crippen LogP contribution in [0.2, 0.25) is 0 Å². The molecule has 0 unspecified atom stereocenters. The van der Waals surface area contributed by atoms with Crippen molar-refractivity contribution in [1.29, 1.82) is 0 Å². The number of nitrogens with two attached hydrogens (primary N) is 1. The number of ether oxygens (including phenoxy) is 2. The van der Waals surface area contributed by atoms with Crippen LogP contribution >= 0.6 is 0 Å². The Bertz CT molecular complexity index is 817. The standard InChI is InChI=1S/C15H11N3O2/c16-15-10-2-1-5-17-12(10)7-11(18-15)9-3-4-13-14(6-9)20-8-19-13/h1-7H,8H2,(H2,16,18). The SMILES string of the molecule is Nc1nc(-c2ccc3c(c2)OCO3)cc2ncccc12. The number of fused-ring (bicyclic) bond motifs is 2. The molecule has 0 spiro atoms. The van der Waals surface area contributed by atoms with E-state index in [0.717, 1.165) is 33.7 Å². The summed E-state index contributed by atoms with van der Waals surface area (Å²) in [6.45, 7) is 0.258. The number of aromatic nitrogens is 2.